The highest BCUT2D eigenvalue weighted by Gasteiger charge is 2.03. The van der Waals surface area contributed by atoms with Crippen molar-refractivity contribution in [1.82, 2.24) is 9.97 Å². The van der Waals surface area contributed by atoms with Crippen LogP contribution in [0.2, 0.25) is 0 Å². The smallest absolute Gasteiger partial charge is 0.237 e. The Labute approximate surface area is 101 Å². The predicted molar refractivity (Wildman–Crippen MR) is 69.4 cm³/mol. The standard InChI is InChI=1S/C13H16N4/c1-3-10-4-6-11(7-5-10)12-8-9(2)15-13(16-12)17-14/h4-8H,3,14H2,1-2H3,(H,15,16,17). The average molecular weight is 228 g/mol. The molecule has 0 atom stereocenters. The lowest BCUT2D eigenvalue weighted by molar-refractivity contribution is 1.07. The third kappa shape index (κ3) is 2.60. The Kier molecular flexibility index (Phi) is 3.35. The molecule has 0 aliphatic carbocycles. The Hall–Kier alpha value is -1.94. The van der Waals surface area contributed by atoms with Gasteiger partial charge in [0.15, 0.2) is 0 Å². The Balaban J connectivity index is 2.41. The van der Waals surface area contributed by atoms with Crippen molar-refractivity contribution in [2.45, 2.75) is 20.3 Å². The molecule has 0 saturated carbocycles. The summed E-state index contributed by atoms with van der Waals surface area (Å²) in [6, 6.07) is 10.3. The van der Waals surface area contributed by atoms with Crippen molar-refractivity contribution in [1.29, 1.82) is 0 Å². The van der Waals surface area contributed by atoms with E-state index in [1.165, 1.54) is 5.56 Å². The summed E-state index contributed by atoms with van der Waals surface area (Å²) in [4.78, 5) is 8.49. The maximum Gasteiger partial charge on any atom is 0.237 e. The summed E-state index contributed by atoms with van der Waals surface area (Å²) in [5.74, 6) is 5.78. The minimum Gasteiger partial charge on any atom is -0.292 e. The van der Waals surface area contributed by atoms with Crippen LogP contribution in [0.3, 0.4) is 0 Å². The number of nitrogens with two attached hydrogens (primary N) is 1. The summed E-state index contributed by atoms with van der Waals surface area (Å²) < 4.78 is 0. The van der Waals surface area contributed by atoms with Gasteiger partial charge < -0.3 is 0 Å². The van der Waals surface area contributed by atoms with E-state index in [-0.39, 0.29) is 0 Å². The molecule has 0 amide bonds. The van der Waals surface area contributed by atoms with Gasteiger partial charge in [0.1, 0.15) is 0 Å². The molecule has 1 aromatic carbocycles. The average Bonchev–Trinajstić information content (AvgIpc) is 2.38. The highest BCUT2D eigenvalue weighted by Crippen LogP contribution is 2.19. The van der Waals surface area contributed by atoms with Crippen molar-refractivity contribution >= 4 is 5.95 Å². The first-order valence-corrected chi connectivity index (χ1v) is 5.64. The first kappa shape index (κ1) is 11.5. The van der Waals surface area contributed by atoms with Crippen LogP contribution in [0.25, 0.3) is 11.3 Å². The van der Waals surface area contributed by atoms with Crippen molar-refractivity contribution in [2.24, 2.45) is 5.84 Å². The molecule has 0 saturated heterocycles. The number of hydrogen-bond donors (Lipinski definition) is 2. The Morgan fingerprint density at radius 2 is 1.88 bits per heavy atom. The fourth-order valence-corrected chi connectivity index (χ4v) is 1.69. The van der Waals surface area contributed by atoms with Crippen LogP contribution in [0.1, 0.15) is 18.2 Å². The highest BCUT2D eigenvalue weighted by molar-refractivity contribution is 5.61. The van der Waals surface area contributed by atoms with E-state index in [4.69, 9.17) is 5.84 Å². The number of benzene rings is 1. The molecule has 2 aromatic rings. The zero-order chi connectivity index (χ0) is 12.3. The number of anilines is 1. The summed E-state index contributed by atoms with van der Waals surface area (Å²) >= 11 is 0. The van der Waals surface area contributed by atoms with Gasteiger partial charge in [-0.2, -0.15) is 0 Å². The van der Waals surface area contributed by atoms with Crippen molar-refractivity contribution in [3.8, 4) is 11.3 Å². The van der Waals surface area contributed by atoms with Crippen LogP contribution in [0.5, 0.6) is 0 Å². The Morgan fingerprint density at radius 3 is 2.47 bits per heavy atom. The summed E-state index contributed by atoms with van der Waals surface area (Å²) in [6.45, 7) is 4.06. The number of nitrogens with one attached hydrogen (secondary N) is 1. The number of aromatic nitrogens is 2. The van der Waals surface area contributed by atoms with Gasteiger partial charge in [-0.25, -0.2) is 15.8 Å². The minimum absolute atomic E-state index is 0.444. The third-order valence-electron chi connectivity index (χ3n) is 2.64. The quantitative estimate of drug-likeness (QED) is 0.625. The van der Waals surface area contributed by atoms with Crippen LogP contribution in [-0.4, -0.2) is 9.97 Å². The first-order valence-electron chi connectivity index (χ1n) is 5.64. The van der Waals surface area contributed by atoms with E-state index in [9.17, 15) is 0 Å². The molecule has 4 heteroatoms. The van der Waals surface area contributed by atoms with E-state index in [0.717, 1.165) is 23.4 Å². The van der Waals surface area contributed by atoms with Crippen LogP contribution >= 0.6 is 0 Å². The molecule has 3 N–H and O–H groups in total. The zero-order valence-corrected chi connectivity index (χ0v) is 10.1. The maximum atomic E-state index is 5.34. The van der Waals surface area contributed by atoms with E-state index in [1.807, 2.05) is 13.0 Å². The Bertz CT molecular complexity index is 505. The molecule has 0 spiro atoms. The fourth-order valence-electron chi connectivity index (χ4n) is 1.69. The number of aryl methyl sites for hydroxylation is 2. The van der Waals surface area contributed by atoms with Gasteiger partial charge in [-0.3, -0.25) is 5.43 Å². The SMILES string of the molecule is CCc1ccc(-c2cc(C)nc(NN)n2)cc1. The number of hydrazine groups is 1. The molecular weight excluding hydrogens is 212 g/mol. The van der Waals surface area contributed by atoms with Crippen molar-refractivity contribution < 1.29 is 0 Å². The van der Waals surface area contributed by atoms with Crippen LogP contribution in [0.4, 0.5) is 5.95 Å². The van der Waals surface area contributed by atoms with Gasteiger partial charge >= 0.3 is 0 Å². The molecule has 1 heterocycles. The van der Waals surface area contributed by atoms with Crippen LogP contribution < -0.4 is 11.3 Å². The fraction of sp³-hybridized carbons (Fsp3) is 0.231. The topological polar surface area (TPSA) is 63.8 Å². The van der Waals surface area contributed by atoms with Gasteiger partial charge in [-0.1, -0.05) is 31.2 Å². The van der Waals surface area contributed by atoms with Crippen LogP contribution in [-0.2, 0) is 6.42 Å². The van der Waals surface area contributed by atoms with Gasteiger partial charge in [0, 0.05) is 11.3 Å². The molecule has 0 aliphatic rings. The molecule has 0 fully saturated rings. The van der Waals surface area contributed by atoms with Crippen LogP contribution in [0.15, 0.2) is 30.3 Å². The number of hydrogen-bond acceptors (Lipinski definition) is 4. The molecule has 0 radical (unpaired) electrons. The van der Waals surface area contributed by atoms with E-state index >= 15 is 0 Å². The Morgan fingerprint density at radius 1 is 1.18 bits per heavy atom. The number of nitrogens with zero attached hydrogens (tertiary/aromatic N) is 2. The predicted octanol–water partition coefficient (Wildman–Crippen LogP) is 2.30. The summed E-state index contributed by atoms with van der Waals surface area (Å²) in [6.07, 6.45) is 1.04. The second-order valence-electron chi connectivity index (χ2n) is 3.91. The second kappa shape index (κ2) is 4.93. The number of rotatable bonds is 3. The maximum absolute atomic E-state index is 5.34. The van der Waals surface area contributed by atoms with Crippen molar-refractivity contribution in [3.63, 3.8) is 0 Å². The molecule has 4 nitrogen and oxygen atoms in total. The summed E-state index contributed by atoms with van der Waals surface area (Å²) in [5, 5.41) is 0. The second-order valence-corrected chi connectivity index (χ2v) is 3.91. The van der Waals surface area contributed by atoms with E-state index < -0.39 is 0 Å². The molecule has 0 aliphatic heterocycles. The molecular formula is C13H16N4. The number of nitrogen functional groups attached to an aromatic ring is 1. The molecule has 1 aromatic heterocycles. The molecule has 2 rings (SSSR count). The lowest BCUT2D eigenvalue weighted by Crippen LogP contribution is -2.11. The molecule has 0 unspecified atom stereocenters. The van der Waals surface area contributed by atoms with Crippen molar-refractivity contribution in [2.75, 3.05) is 5.43 Å². The van der Waals surface area contributed by atoms with Gasteiger partial charge in [0.2, 0.25) is 5.95 Å². The van der Waals surface area contributed by atoms with Crippen LogP contribution in [0, 0.1) is 6.92 Å². The van der Waals surface area contributed by atoms with Gasteiger partial charge in [-0.05, 0) is 25.0 Å². The van der Waals surface area contributed by atoms with Gasteiger partial charge in [0.05, 0.1) is 5.69 Å². The van der Waals surface area contributed by atoms with Crippen molar-refractivity contribution in [3.05, 3.63) is 41.6 Å². The minimum atomic E-state index is 0.444. The normalized spacial score (nSPS) is 10.3. The third-order valence-corrected chi connectivity index (χ3v) is 2.64. The highest BCUT2D eigenvalue weighted by atomic mass is 15.3. The summed E-state index contributed by atoms with van der Waals surface area (Å²) in [5.41, 5.74) is 6.64. The lowest BCUT2D eigenvalue weighted by atomic mass is 10.1. The molecule has 17 heavy (non-hydrogen) atoms. The summed E-state index contributed by atoms with van der Waals surface area (Å²) in [7, 11) is 0. The van der Waals surface area contributed by atoms with Gasteiger partial charge in [-0.15, -0.1) is 0 Å². The monoisotopic (exact) mass is 228 g/mol. The molecule has 88 valence electrons. The zero-order valence-electron chi connectivity index (χ0n) is 10.1. The van der Waals surface area contributed by atoms with E-state index in [2.05, 4.69) is 46.6 Å². The van der Waals surface area contributed by atoms with E-state index in [0.29, 0.717) is 5.95 Å². The van der Waals surface area contributed by atoms with Gasteiger partial charge in [0.25, 0.3) is 0 Å². The lowest BCUT2D eigenvalue weighted by Gasteiger charge is -2.06. The first-order chi connectivity index (χ1) is 8.22. The van der Waals surface area contributed by atoms with E-state index in [1.54, 1.807) is 0 Å². The largest absolute Gasteiger partial charge is 0.292 e. The molecule has 0 bridgehead atoms.